The quantitative estimate of drug-likeness (QED) is 0.178. The van der Waals surface area contributed by atoms with E-state index in [1.54, 1.807) is 11.1 Å². The first kappa shape index (κ1) is 32.0. The number of benzene rings is 6. The molecule has 0 amide bonds. The Bertz CT molecular complexity index is 2540. The van der Waals surface area contributed by atoms with Gasteiger partial charge in [-0.05, 0) is 159 Å². The highest BCUT2D eigenvalue weighted by molar-refractivity contribution is 7.99. The van der Waals surface area contributed by atoms with Crippen LogP contribution in [0.3, 0.4) is 0 Å². The summed E-state index contributed by atoms with van der Waals surface area (Å²) in [6, 6.07) is 49.3. The fourth-order valence-corrected chi connectivity index (χ4v) is 15.1. The van der Waals surface area contributed by atoms with Crippen LogP contribution in [0, 0.1) is 29.1 Å². The van der Waals surface area contributed by atoms with Gasteiger partial charge in [0.05, 0.1) is 5.69 Å². The van der Waals surface area contributed by atoms with Crippen LogP contribution in [0.2, 0.25) is 0 Å². The summed E-state index contributed by atoms with van der Waals surface area (Å²) in [7, 11) is 0. The van der Waals surface area contributed by atoms with Crippen molar-refractivity contribution in [1.82, 2.24) is 0 Å². The molecule has 6 unspecified atom stereocenters. The number of rotatable bonds is 4. The lowest BCUT2D eigenvalue weighted by molar-refractivity contribution is -0.235. The Labute approximate surface area is 325 Å². The zero-order chi connectivity index (χ0) is 36.2. The highest BCUT2D eigenvalue weighted by atomic mass is 32.2. The molecule has 6 aliphatic rings. The standard InChI is InChI=1S/C52H49NS/c1-49(2)25-26-50(3,4)48-42(49)16-10-17-43(48)53(36-21-19-34(20-22-36)39-14-9-12-33-11-5-6-13-38(33)39)37-23-24-41-45(30-37)54-44-18-8-7-15-40(44)52(41)46-28-32-27-35-29-47(52)51(35,46)31-32/h5-24,30,32,35,46-47H,25-29,31H2,1-4H3. The first-order valence-corrected chi connectivity index (χ1v) is 21.5. The Balaban J connectivity index is 1.04. The average Bonchev–Trinajstić information content (AvgIpc) is 3.72. The number of fused-ring (bicyclic) bond motifs is 9. The third kappa shape index (κ3) is 3.94. The Hall–Kier alpha value is -4.27. The van der Waals surface area contributed by atoms with Crippen molar-refractivity contribution in [3.8, 4) is 11.1 Å². The molecule has 4 saturated carbocycles. The molecule has 12 rings (SSSR count). The van der Waals surface area contributed by atoms with Crippen molar-refractivity contribution in [2.75, 3.05) is 4.90 Å². The molecular weight excluding hydrogens is 671 g/mol. The highest BCUT2D eigenvalue weighted by Gasteiger charge is 2.84. The lowest BCUT2D eigenvalue weighted by Gasteiger charge is -2.78. The SMILES string of the molecule is CC1(C)CCC(C)(C)c2c(N(c3ccc(-c4cccc5ccccc45)cc3)c3ccc4c(c3)Sc3ccccc3C43C4CC5CC6CC3C64C5)cccc21. The van der Waals surface area contributed by atoms with Crippen LogP contribution in [0.15, 0.2) is 137 Å². The maximum atomic E-state index is 2.61. The molecule has 6 aromatic carbocycles. The molecule has 4 fully saturated rings. The van der Waals surface area contributed by atoms with E-state index in [1.807, 2.05) is 11.8 Å². The third-order valence-corrected chi connectivity index (χ3v) is 17.2. The summed E-state index contributed by atoms with van der Waals surface area (Å²) in [6.45, 7) is 9.85. The molecule has 2 bridgehead atoms. The van der Waals surface area contributed by atoms with Gasteiger partial charge in [0.1, 0.15) is 0 Å². The van der Waals surface area contributed by atoms with E-state index in [-0.39, 0.29) is 16.2 Å². The normalized spacial score (nSPS) is 29.8. The minimum absolute atomic E-state index is 0.0668. The molecule has 1 heterocycles. The molecule has 268 valence electrons. The molecule has 1 aliphatic heterocycles. The summed E-state index contributed by atoms with van der Waals surface area (Å²) in [5.41, 5.74) is 13.7. The van der Waals surface area contributed by atoms with Crippen molar-refractivity contribution in [2.24, 2.45) is 29.1 Å². The summed E-state index contributed by atoms with van der Waals surface area (Å²) in [6.07, 6.45) is 8.27. The van der Waals surface area contributed by atoms with Gasteiger partial charge < -0.3 is 4.90 Å². The van der Waals surface area contributed by atoms with E-state index in [2.05, 4.69) is 160 Å². The van der Waals surface area contributed by atoms with Gasteiger partial charge in [0.15, 0.2) is 0 Å². The van der Waals surface area contributed by atoms with E-state index < -0.39 is 0 Å². The molecule has 1 nitrogen and oxygen atoms in total. The molecule has 6 aromatic rings. The Kier molecular flexibility index (Phi) is 6.36. The van der Waals surface area contributed by atoms with Crippen LogP contribution in [0.4, 0.5) is 17.1 Å². The van der Waals surface area contributed by atoms with Crippen molar-refractivity contribution in [2.45, 2.75) is 92.3 Å². The fraction of sp³-hybridized carbons (Fsp3) is 0.346. The number of nitrogens with zero attached hydrogens (tertiary/aromatic N) is 1. The Morgan fingerprint density at radius 3 is 2.17 bits per heavy atom. The Morgan fingerprint density at radius 1 is 0.593 bits per heavy atom. The number of hydrogen-bond donors (Lipinski definition) is 0. The third-order valence-electron chi connectivity index (χ3n) is 16.0. The van der Waals surface area contributed by atoms with E-state index >= 15 is 0 Å². The van der Waals surface area contributed by atoms with Crippen LogP contribution >= 0.6 is 11.8 Å². The predicted molar refractivity (Wildman–Crippen MR) is 226 cm³/mol. The fourth-order valence-electron chi connectivity index (χ4n) is 13.8. The van der Waals surface area contributed by atoms with Gasteiger partial charge in [-0.25, -0.2) is 0 Å². The second-order valence-corrected chi connectivity index (χ2v) is 20.3. The lowest BCUT2D eigenvalue weighted by Crippen LogP contribution is -2.74. The smallest absolute Gasteiger partial charge is 0.0502 e. The second-order valence-electron chi connectivity index (χ2n) is 19.2. The van der Waals surface area contributed by atoms with Gasteiger partial charge in [0, 0.05) is 26.6 Å². The molecule has 2 heteroatoms. The van der Waals surface area contributed by atoms with Crippen molar-refractivity contribution in [3.63, 3.8) is 0 Å². The maximum Gasteiger partial charge on any atom is 0.0502 e. The molecule has 2 spiro atoms. The van der Waals surface area contributed by atoms with Gasteiger partial charge in [-0.3, -0.25) is 0 Å². The predicted octanol–water partition coefficient (Wildman–Crippen LogP) is 14.1. The van der Waals surface area contributed by atoms with E-state index in [9.17, 15) is 0 Å². The van der Waals surface area contributed by atoms with E-state index in [1.165, 1.54) is 98.4 Å². The molecule has 0 radical (unpaired) electrons. The van der Waals surface area contributed by atoms with Crippen molar-refractivity contribution in [1.29, 1.82) is 0 Å². The summed E-state index contributed by atoms with van der Waals surface area (Å²) in [5.74, 6) is 3.56. The number of hydrogen-bond acceptors (Lipinski definition) is 2. The first-order chi connectivity index (χ1) is 26.2. The Morgan fingerprint density at radius 2 is 1.30 bits per heavy atom. The monoisotopic (exact) mass is 719 g/mol. The highest BCUT2D eigenvalue weighted by Crippen LogP contribution is 2.89. The van der Waals surface area contributed by atoms with Crippen LogP contribution < -0.4 is 4.90 Å². The van der Waals surface area contributed by atoms with Gasteiger partial charge in [-0.1, -0.05) is 130 Å². The summed E-state index contributed by atoms with van der Waals surface area (Å²) >= 11 is 2.03. The molecule has 6 atom stereocenters. The van der Waals surface area contributed by atoms with Crippen LogP contribution in [0.5, 0.6) is 0 Å². The average molecular weight is 720 g/mol. The topological polar surface area (TPSA) is 3.24 Å². The lowest BCUT2D eigenvalue weighted by atomic mass is 9.26. The van der Waals surface area contributed by atoms with Gasteiger partial charge in [0.2, 0.25) is 0 Å². The molecule has 0 N–H and O–H groups in total. The van der Waals surface area contributed by atoms with Crippen LogP contribution in [0.25, 0.3) is 21.9 Å². The molecule has 5 aliphatic carbocycles. The minimum atomic E-state index is 0.0668. The minimum Gasteiger partial charge on any atom is -0.310 e. The molecule has 54 heavy (non-hydrogen) atoms. The second kappa shape index (κ2) is 10.7. The zero-order valence-electron chi connectivity index (χ0n) is 32.0. The van der Waals surface area contributed by atoms with E-state index in [0.29, 0.717) is 5.41 Å². The van der Waals surface area contributed by atoms with Gasteiger partial charge in [0.25, 0.3) is 0 Å². The van der Waals surface area contributed by atoms with Gasteiger partial charge >= 0.3 is 0 Å². The maximum absolute atomic E-state index is 2.61. The van der Waals surface area contributed by atoms with Crippen LogP contribution in [-0.4, -0.2) is 0 Å². The molecule has 0 aromatic heterocycles. The van der Waals surface area contributed by atoms with Gasteiger partial charge in [-0.15, -0.1) is 0 Å². The van der Waals surface area contributed by atoms with Gasteiger partial charge in [-0.2, -0.15) is 0 Å². The van der Waals surface area contributed by atoms with Crippen molar-refractivity contribution < 1.29 is 0 Å². The molecule has 0 saturated heterocycles. The van der Waals surface area contributed by atoms with Crippen molar-refractivity contribution in [3.05, 3.63) is 150 Å². The largest absolute Gasteiger partial charge is 0.310 e. The van der Waals surface area contributed by atoms with E-state index in [0.717, 1.165) is 23.7 Å². The van der Waals surface area contributed by atoms with Crippen molar-refractivity contribution >= 4 is 39.6 Å². The first-order valence-electron chi connectivity index (χ1n) is 20.6. The zero-order valence-corrected chi connectivity index (χ0v) is 32.8. The number of anilines is 3. The molecular formula is C52H49NS. The van der Waals surface area contributed by atoms with Crippen LogP contribution in [-0.2, 0) is 16.2 Å². The van der Waals surface area contributed by atoms with Crippen LogP contribution in [0.1, 0.15) is 88.5 Å². The van der Waals surface area contributed by atoms with E-state index in [4.69, 9.17) is 0 Å². The summed E-state index contributed by atoms with van der Waals surface area (Å²) < 4.78 is 0. The summed E-state index contributed by atoms with van der Waals surface area (Å²) in [5, 5.41) is 2.59. The summed E-state index contributed by atoms with van der Waals surface area (Å²) in [4.78, 5) is 5.59.